The number of carbonyl (C=O) groups excluding carboxylic acids is 3. The number of halogens is 2. The third-order valence-corrected chi connectivity index (χ3v) is 5.23. The lowest BCUT2D eigenvalue weighted by Crippen LogP contribution is -2.48. The Morgan fingerprint density at radius 2 is 1.59 bits per heavy atom. The quantitative estimate of drug-likeness (QED) is 0.589. The highest BCUT2D eigenvalue weighted by atomic mass is 35.5. The fourth-order valence-electron chi connectivity index (χ4n) is 3.02. The van der Waals surface area contributed by atoms with Crippen LogP contribution in [0, 0.1) is 0 Å². The Morgan fingerprint density at radius 1 is 1.04 bits per heavy atom. The first-order valence-electron chi connectivity index (χ1n) is 8.58. The van der Waals surface area contributed by atoms with Gasteiger partial charge in [0.1, 0.15) is 6.04 Å². The summed E-state index contributed by atoms with van der Waals surface area (Å²) < 4.78 is 0. The van der Waals surface area contributed by atoms with Gasteiger partial charge in [-0.05, 0) is 37.5 Å². The maximum Gasteiger partial charge on any atom is 0.262 e. The number of hydrogen-bond donors (Lipinski definition) is 1. The number of carbonyl (C=O) groups is 3. The molecule has 5 nitrogen and oxygen atoms in total. The van der Waals surface area contributed by atoms with Crippen molar-refractivity contribution in [2.45, 2.75) is 25.8 Å². The van der Waals surface area contributed by atoms with E-state index >= 15 is 0 Å². The summed E-state index contributed by atoms with van der Waals surface area (Å²) in [7, 11) is 0. The molecular weight excluding hydrogens is 387 g/mol. The summed E-state index contributed by atoms with van der Waals surface area (Å²) in [5, 5.41) is 3.17. The average Bonchev–Trinajstić information content (AvgIpc) is 2.89. The number of nitrogens with zero attached hydrogens (tertiary/aromatic N) is 1. The van der Waals surface area contributed by atoms with E-state index in [1.165, 1.54) is 24.6 Å². The topological polar surface area (TPSA) is 66.5 Å². The monoisotopic (exact) mass is 404 g/mol. The summed E-state index contributed by atoms with van der Waals surface area (Å²) in [5.74, 6) is -1.46. The second-order valence-corrected chi connectivity index (χ2v) is 7.16. The molecule has 0 aromatic heterocycles. The summed E-state index contributed by atoms with van der Waals surface area (Å²) in [6.45, 7) is 1.98. The van der Waals surface area contributed by atoms with Crippen LogP contribution in [0.2, 0.25) is 10.0 Å². The normalized spacial score (nSPS) is 14.3. The Labute approximate surface area is 167 Å². The van der Waals surface area contributed by atoms with Crippen LogP contribution in [0.1, 0.15) is 39.6 Å². The van der Waals surface area contributed by atoms with Crippen molar-refractivity contribution < 1.29 is 14.4 Å². The van der Waals surface area contributed by atoms with Gasteiger partial charge >= 0.3 is 0 Å². The molecule has 2 aromatic carbocycles. The van der Waals surface area contributed by atoms with Gasteiger partial charge in [0.2, 0.25) is 5.91 Å². The van der Waals surface area contributed by atoms with E-state index in [9.17, 15) is 14.4 Å². The van der Waals surface area contributed by atoms with Crippen molar-refractivity contribution >= 4 is 40.9 Å². The molecule has 0 aliphatic carbocycles. The minimum absolute atomic E-state index is 0.165. The molecule has 0 fully saturated rings. The largest absolute Gasteiger partial charge is 0.354 e. The van der Waals surface area contributed by atoms with Gasteiger partial charge in [-0.3, -0.25) is 19.3 Å². The number of imide groups is 1. The van der Waals surface area contributed by atoms with Gasteiger partial charge in [0, 0.05) is 6.54 Å². The molecule has 3 rings (SSSR count). The molecule has 0 saturated carbocycles. The van der Waals surface area contributed by atoms with E-state index in [0.29, 0.717) is 6.54 Å². The summed E-state index contributed by atoms with van der Waals surface area (Å²) in [4.78, 5) is 38.5. The summed E-state index contributed by atoms with van der Waals surface area (Å²) >= 11 is 11.9. The molecule has 1 N–H and O–H groups in total. The standard InChI is InChI=1S/C20H18Cl2N2O3/c1-12(18(25)23-9-5-8-13-6-3-2-4-7-13)24-19(26)14-10-16(21)17(22)11-15(14)20(24)27/h2-4,6-7,10-12H,5,8-9H2,1H3,(H,23,25). The Kier molecular flexibility index (Phi) is 5.82. The van der Waals surface area contributed by atoms with Gasteiger partial charge in [0.05, 0.1) is 21.2 Å². The molecule has 1 unspecified atom stereocenters. The van der Waals surface area contributed by atoms with Crippen LogP contribution in [0.5, 0.6) is 0 Å². The van der Waals surface area contributed by atoms with E-state index in [2.05, 4.69) is 5.32 Å². The lowest BCUT2D eigenvalue weighted by atomic mass is 10.1. The maximum atomic E-state index is 12.6. The molecule has 1 atom stereocenters. The van der Waals surface area contributed by atoms with Crippen LogP contribution in [0.4, 0.5) is 0 Å². The van der Waals surface area contributed by atoms with Crippen LogP contribution >= 0.6 is 23.2 Å². The van der Waals surface area contributed by atoms with Crippen LogP contribution in [-0.4, -0.2) is 35.2 Å². The Balaban J connectivity index is 1.60. The van der Waals surface area contributed by atoms with Crippen molar-refractivity contribution in [3.63, 3.8) is 0 Å². The highest BCUT2D eigenvalue weighted by Gasteiger charge is 2.41. The Morgan fingerprint density at radius 3 is 2.15 bits per heavy atom. The number of benzene rings is 2. The van der Waals surface area contributed by atoms with Crippen LogP contribution in [0.25, 0.3) is 0 Å². The first-order chi connectivity index (χ1) is 12.9. The SMILES string of the molecule is CC(C(=O)NCCCc1ccccc1)N1C(=O)c2cc(Cl)c(Cl)cc2C1=O. The van der Waals surface area contributed by atoms with Gasteiger partial charge in [0.25, 0.3) is 11.8 Å². The zero-order valence-corrected chi connectivity index (χ0v) is 16.2. The maximum absolute atomic E-state index is 12.6. The second kappa shape index (κ2) is 8.11. The zero-order chi connectivity index (χ0) is 19.6. The van der Waals surface area contributed by atoms with Crippen molar-refractivity contribution in [1.82, 2.24) is 10.2 Å². The lowest BCUT2D eigenvalue weighted by molar-refractivity contribution is -0.124. The third-order valence-electron chi connectivity index (χ3n) is 4.51. The number of rotatable bonds is 6. The van der Waals surface area contributed by atoms with E-state index in [-0.39, 0.29) is 27.1 Å². The van der Waals surface area contributed by atoms with Crippen molar-refractivity contribution in [3.05, 3.63) is 69.2 Å². The lowest BCUT2D eigenvalue weighted by Gasteiger charge is -2.21. The minimum Gasteiger partial charge on any atom is -0.354 e. The molecule has 1 aliphatic heterocycles. The number of hydrogen-bond acceptors (Lipinski definition) is 3. The highest BCUT2D eigenvalue weighted by molar-refractivity contribution is 6.43. The molecule has 0 radical (unpaired) electrons. The molecule has 1 aliphatic rings. The Bertz CT molecular complexity index is 859. The van der Waals surface area contributed by atoms with Gasteiger partial charge in [-0.15, -0.1) is 0 Å². The van der Waals surface area contributed by atoms with E-state index in [0.717, 1.165) is 17.7 Å². The van der Waals surface area contributed by atoms with Crippen molar-refractivity contribution in [1.29, 1.82) is 0 Å². The molecule has 27 heavy (non-hydrogen) atoms. The molecule has 0 bridgehead atoms. The molecule has 0 saturated heterocycles. The summed E-state index contributed by atoms with van der Waals surface area (Å²) in [6, 6.07) is 11.8. The van der Waals surface area contributed by atoms with Crippen molar-refractivity contribution in [2.75, 3.05) is 6.54 Å². The number of nitrogens with one attached hydrogen (secondary N) is 1. The average molecular weight is 405 g/mol. The molecule has 7 heteroatoms. The van der Waals surface area contributed by atoms with Crippen LogP contribution in [0.3, 0.4) is 0 Å². The molecule has 2 aromatic rings. The highest BCUT2D eigenvalue weighted by Crippen LogP contribution is 2.32. The number of aryl methyl sites for hydroxylation is 1. The third kappa shape index (κ3) is 3.99. The first-order valence-corrected chi connectivity index (χ1v) is 9.34. The number of amides is 3. The van der Waals surface area contributed by atoms with E-state index in [1.807, 2.05) is 30.3 Å². The molecule has 3 amide bonds. The fraction of sp³-hybridized carbons (Fsp3) is 0.250. The van der Waals surface area contributed by atoms with Gasteiger partial charge in [0.15, 0.2) is 0 Å². The van der Waals surface area contributed by atoms with Crippen LogP contribution < -0.4 is 5.32 Å². The molecule has 1 heterocycles. The Hall–Kier alpha value is -2.37. The first kappa shape index (κ1) is 19.4. The van der Waals surface area contributed by atoms with Gasteiger partial charge in [-0.1, -0.05) is 53.5 Å². The van der Waals surface area contributed by atoms with Crippen molar-refractivity contribution in [3.8, 4) is 0 Å². The molecule has 0 spiro atoms. The predicted molar refractivity (Wildman–Crippen MR) is 104 cm³/mol. The van der Waals surface area contributed by atoms with Crippen LogP contribution in [-0.2, 0) is 11.2 Å². The second-order valence-electron chi connectivity index (χ2n) is 6.35. The zero-order valence-electron chi connectivity index (χ0n) is 14.7. The molecule has 140 valence electrons. The minimum atomic E-state index is -0.924. The predicted octanol–water partition coefficient (Wildman–Crippen LogP) is 3.73. The number of fused-ring (bicyclic) bond motifs is 1. The van der Waals surface area contributed by atoms with E-state index < -0.39 is 17.9 Å². The summed E-state index contributed by atoms with van der Waals surface area (Å²) in [6.07, 6.45) is 1.59. The van der Waals surface area contributed by atoms with Crippen molar-refractivity contribution in [2.24, 2.45) is 0 Å². The van der Waals surface area contributed by atoms with Gasteiger partial charge in [-0.25, -0.2) is 0 Å². The fourth-order valence-corrected chi connectivity index (χ4v) is 3.35. The molecular formula is C20H18Cl2N2O3. The van der Waals surface area contributed by atoms with E-state index in [4.69, 9.17) is 23.2 Å². The van der Waals surface area contributed by atoms with Gasteiger partial charge in [-0.2, -0.15) is 0 Å². The smallest absolute Gasteiger partial charge is 0.262 e. The van der Waals surface area contributed by atoms with Crippen LogP contribution in [0.15, 0.2) is 42.5 Å². The van der Waals surface area contributed by atoms with Gasteiger partial charge < -0.3 is 5.32 Å². The summed E-state index contributed by atoms with van der Waals surface area (Å²) in [5.41, 5.74) is 1.52. The van der Waals surface area contributed by atoms with E-state index in [1.54, 1.807) is 0 Å².